The van der Waals surface area contributed by atoms with Crippen molar-refractivity contribution in [3.63, 3.8) is 0 Å². The van der Waals surface area contributed by atoms with Gasteiger partial charge in [-0.3, -0.25) is 4.55 Å². The van der Waals surface area contributed by atoms with Crippen molar-refractivity contribution in [3.05, 3.63) is 53.8 Å². The first-order valence-corrected chi connectivity index (χ1v) is 6.66. The van der Waals surface area contributed by atoms with Crippen molar-refractivity contribution in [2.24, 2.45) is 0 Å². The van der Waals surface area contributed by atoms with E-state index in [9.17, 15) is 17.4 Å². The molecule has 0 fully saturated rings. The molecule has 0 amide bonds. The quantitative estimate of drug-likeness (QED) is 0.850. The van der Waals surface area contributed by atoms with Gasteiger partial charge in [-0.2, -0.15) is 8.42 Å². The Bertz CT molecular complexity index is 676. The summed E-state index contributed by atoms with van der Waals surface area (Å²) in [7, 11) is -4.30. The third-order valence-electron chi connectivity index (χ3n) is 2.57. The zero-order valence-electron chi connectivity index (χ0n) is 9.59. The predicted octanol–water partition coefficient (Wildman–Crippen LogP) is 3.05. The Hall–Kier alpha value is -1.72. The molecule has 2 aromatic rings. The average molecular weight is 266 g/mol. The van der Waals surface area contributed by atoms with Crippen LogP contribution in [0.25, 0.3) is 11.1 Å². The molecule has 0 saturated carbocycles. The molecular formula is C13H11FO3S. The first-order chi connectivity index (χ1) is 8.38. The maximum Gasteiger partial charge on any atom is 0.295 e. The van der Waals surface area contributed by atoms with E-state index in [2.05, 4.69) is 0 Å². The SMILES string of the molecule is Cc1ccc(S(=O)(=O)O)c(-c2ccc(F)cc2)c1. The molecule has 0 aliphatic heterocycles. The van der Waals surface area contributed by atoms with Crippen molar-refractivity contribution in [1.29, 1.82) is 0 Å². The van der Waals surface area contributed by atoms with E-state index in [0.29, 0.717) is 11.1 Å². The fraction of sp³-hybridized carbons (Fsp3) is 0.0769. The number of aryl methyl sites for hydroxylation is 1. The summed E-state index contributed by atoms with van der Waals surface area (Å²) in [6, 6.07) is 9.99. The van der Waals surface area contributed by atoms with E-state index in [4.69, 9.17) is 0 Å². The molecule has 2 rings (SSSR count). The highest BCUT2D eigenvalue weighted by atomic mass is 32.2. The molecule has 0 bridgehead atoms. The first-order valence-electron chi connectivity index (χ1n) is 5.22. The van der Waals surface area contributed by atoms with Crippen LogP contribution < -0.4 is 0 Å². The van der Waals surface area contributed by atoms with E-state index in [0.717, 1.165) is 5.56 Å². The normalized spacial score (nSPS) is 11.5. The van der Waals surface area contributed by atoms with Crippen LogP contribution in [-0.2, 0) is 10.1 Å². The minimum Gasteiger partial charge on any atom is -0.282 e. The summed E-state index contributed by atoms with van der Waals surface area (Å²) < 4.78 is 44.6. The van der Waals surface area contributed by atoms with Gasteiger partial charge in [0.25, 0.3) is 10.1 Å². The van der Waals surface area contributed by atoms with E-state index < -0.39 is 15.9 Å². The van der Waals surface area contributed by atoms with Crippen molar-refractivity contribution < 1.29 is 17.4 Å². The zero-order valence-corrected chi connectivity index (χ0v) is 10.4. The summed E-state index contributed by atoms with van der Waals surface area (Å²) in [6.07, 6.45) is 0. The maximum atomic E-state index is 12.8. The van der Waals surface area contributed by atoms with E-state index >= 15 is 0 Å². The summed E-state index contributed by atoms with van der Waals surface area (Å²) >= 11 is 0. The van der Waals surface area contributed by atoms with Crippen LogP contribution in [0.2, 0.25) is 0 Å². The molecule has 0 aromatic heterocycles. The summed E-state index contributed by atoms with van der Waals surface area (Å²) in [5, 5.41) is 0. The van der Waals surface area contributed by atoms with Crippen LogP contribution in [0.4, 0.5) is 4.39 Å². The minimum atomic E-state index is -4.30. The minimum absolute atomic E-state index is 0.181. The Kier molecular flexibility index (Phi) is 3.19. The molecule has 94 valence electrons. The van der Waals surface area contributed by atoms with Crippen LogP contribution in [0.3, 0.4) is 0 Å². The summed E-state index contributed by atoms with van der Waals surface area (Å²) in [4.78, 5) is -0.181. The molecule has 0 heterocycles. The number of hydrogen-bond donors (Lipinski definition) is 1. The molecule has 0 aliphatic rings. The Balaban J connectivity index is 2.69. The van der Waals surface area contributed by atoms with Gasteiger partial charge in [0.2, 0.25) is 0 Å². The van der Waals surface area contributed by atoms with Crippen molar-refractivity contribution in [2.75, 3.05) is 0 Å². The van der Waals surface area contributed by atoms with E-state index in [1.807, 2.05) is 0 Å². The number of rotatable bonds is 2. The fourth-order valence-corrected chi connectivity index (χ4v) is 2.42. The summed E-state index contributed by atoms with van der Waals surface area (Å²) in [6.45, 7) is 1.81. The van der Waals surface area contributed by atoms with Crippen LogP contribution >= 0.6 is 0 Å². The largest absolute Gasteiger partial charge is 0.295 e. The van der Waals surface area contributed by atoms with Gasteiger partial charge in [-0.1, -0.05) is 29.8 Å². The topological polar surface area (TPSA) is 54.4 Å². The molecule has 3 nitrogen and oxygen atoms in total. The molecule has 2 aromatic carbocycles. The number of hydrogen-bond acceptors (Lipinski definition) is 2. The van der Waals surface area contributed by atoms with Crippen LogP contribution in [-0.4, -0.2) is 13.0 Å². The van der Waals surface area contributed by atoms with Gasteiger partial charge in [0.1, 0.15) is 10.7 Å². The van der Waals surface area contributed by atoms with E-state index in [1.165, 1.54) is 30.3 Å². The third kappa shape index (κ3) is 2.57. The van der Waals surface area contributed by atoms with Crippen molar-refractivity contribution >= 4 is 10.1 Å². The molecule has 1 N–H and O–H groups in total. The van der Waals surface area contributed by atoms with Crippen molar-refractivity contribution in [1.82, 2.24) is 0 Å². The Morgan fingerprint density at radius 3 is 2.22 bits per heavy atom. The van der Waals surface area contributed by atoms with Gasteiger partial charge in [0.15, 0.2) is 0 Å². The number of benzene rings is 2. The smallest absolute Gasteiger partial charge is 0.282 e. The average Bonchev–Trinajstić information content (AvgIpc) is 2.28. The molecule has 5 heteroatoms. The fourth-order valence-electron chi connectivity index (χ4n) is 1.72. The van der Waals surface area contributed by atoms with Crippen LogP contribution in [0.5, 0.6) is 0 Å². The Morgan fingerprint density at radius 2 is 1.67 bits per heavy atom. The maximum absolute atomic E-state index is 12.8. The second kappa shape index (κ2) is 4.51. The van der Waals surface area contributed by atoms with Gasteiger partial charge in [0, 0.05) is 5.56 Å². The first kappa shape index (κ1) is 12.7. The van der Waals surface area contributed by atoms with Crippen molar-refractivity contribution in [2.45, 2.75) is 11.8 Å². The molecule has 0 saturated heterocycles. The van der Waals surface area contributed by atoms with Gasteiger partial charge in [0.05, 0.1) is 0 Å². The number of halogens is 1. The highest BCUT2D eigenvalue weighted by Crippen LogP contribution is 2.28. The molecule has 0 radical (unpaired) electrons. The molecular weight excluding hydrogens is 255 g/mol. The highest BCUT2D eigenvalue weighted by Gasteiger charge is 2.16. The molecule has 0 spiro atoms. The van der Waals surface area contributed by atoms with Gasteiger partial charge < -0.3 is 0 Å². The highest BCUT2D eigenvalue weighted by molar-refractivity contribution is 7.86. The predicted molar refractivity (Wildman–Crippen MR) is 66.4 cm³/mol. The van der Waals surface area contributed by atoms with E-state index in [1.54, 1.807) is 19.1 Å². The monoisotopic (exact) mass is 266 g/mol. The van der Waals surface area contributed by atoms with Crippen molar-refractivity contribution in [3.8, 4) is 11.1 Å². The molecule has 18 heavy (non-hydrogen) atoms. The van der Waals surface area contributed by atoms with Crippen LogP contribution in [0, 0.1) is 12.7 Å². The van der Waals surface area contributed by atoms with Gasteiger partial charge in [-0.05, 0) is 30.7 Å². The second-order valence-corrected chi connectivity index (χ2v) is 5.37. The lowest BCUT2D eigenvalue weighted by Gasteiger charge is -2.08. The second-order valence-electron chi connectivity index (χ2n) is 3.98. The Morgan fingerprint density at radius 1 is 1.06 bits per heavy atom. The molecule has 0 unspecified atom stereocenters. The summed E-state index contributed by atoms with van der Waals surface area (Å²) in [5.74, 6) is -0.403. The lowest BCUT2D eigenvalue weighted by molar-refractivity contribution is 0.483. The van der Waals surface area contributed by atoms with Gasteiger partial charge in [-0.15, -0.1) is 0 Å². The van der Waals surface area contributed by atoms with Gasteiger partial charge in [-0.25, -0.2) is 4.39 Å². The lowest BCUT2D eigenvalue weighted by atomic mass is 10.0. The Labute approximate surface area is 105 Å². The van der Waals surface area contributed by atoms with Gasteiger partial charge >= 0.3 is 0 Å². The van der Waals surface area contributed by atoms with E-state index in [-0.39, 0.29) is 4.90 Å². The molecule has 0 aliphatic carbocycles. The van der Waals surface area contributed by atoms with Crippen LogP contribution in [0.1, 0.15) is 5.56 Å². The summed E-state index contributed by atoms with van der Waals surface area (Å²) in [5.41, 5.74) is 1.74. The zero-order chi connectivity index (χ0) is 13.3. The molecule has 0 atom stereocenters. The third-order valence-corrected chi connectivity index (χ3v) is 3.48. The standard InChI is InChI=1S/C13H11FO3S/c1-9-2-7-13(18(15,16)17)12(8-9)10-3-5-11(14)6-4-10/h2-8H,1H3,(H,15,16,17). The lowest BCUT2D eigenvalue weighted by Crippen LogP contribution is -2.01. The van der Waals surface area contributed by atoms with Crippen LogP contribution in [0.15, 0.2) is 47.4 Å².